The molecule has 1 N–H and O–H groups in total. The van der Waals surface area contributed by atoms with E-state index in [1.54, 1.807) is 12.1 Å². The summed E-state index contributed by atoms with van der Waals surface area (Å²) in [4.78, 5) is 0. The van der Waals surface area contributed by atoms with Gasteiger partial charge in [-0.25, -0.2) is 0 Å². The fraction of sp³-hybridized carbons (Fsp3) is 0.143. The van der Waals surface area contributed by atoms with E-state index in [-0.39, 0.29) is 18.4 Å². The van der Waals surface area contributed by atoms with Crippen LogP contribution >= 0.6 is 0 Å². The monoisotopic (exact) mass is 166 g/mol. The van der Waals surface area contributed by atoms with Gasteiger partial charge in [-0.3, -0.25) is 0 Å². The minimum Gasteiger partial charge on any atom is -0.459 e. The summed E-state index contributed by atoms with van der Waals surface area (Å²) in [6.07, 6.45) is 1.51. The molecule has 0 saturated carbocycles. The average molecular weight is 166 g/mol. The van der Waals surface area contributed by atoms with Gasteiger partial charge in [-0.1, -0.05) is 0 Å². The number of nitrogens with zero attached hydrogens (tertiary/aromatic N) is 2. The standard InChI is InChI=1S/C7H6N2O3/c10-4-6-8-9-7(12-6)5-2-1-3-11-5/h1-3,10H,4H2. The van der Waals surface area contributed by atoms with E-state index in [0.29, 0.717) is 5.76 Å². The second-order valence-electron chi connectivity index (χ2n) is 2.14. The molecular formula is C7H6N2O3. The molecule has 0 aliphatic carbocycles. The first-order chi connectivity index (χ1) is 5.90. The minimum absolute atomic E-state index is 0.182. The van der Waals surface area contributed by atoms with Gasteiger partial charge in [-0.05, 0) is 12.1 Å². The number of hydrogen-bond donors (Lipinski definition) is 1. The lowest BCUT2D eigenvalue weighted by molar-refractivity contribution is 0.241. The fourth-order valence-corrected chi connectivity index (χ4v) is 0.817. The number of rotatable bonds is 2. The molecule has 0 aromatic carbocycles. The predicted molar refractivity (Wildman–Crippen MR) is 37.9 cm³/mol. The molecule has 2 aromatic heterocycles. The van der Waals surface area contributed by atoms with Crippen molar-refractivity contribution < 1.29 is 13.9 Å². The number of hydrogen-bond acceptors (Lipinski definition) is 5. The summed E-state index contributed by atoms with van der Waals surface area (Å²) < 4.78 is 10.0. The first-order valence-corrected chi connectivity index (χ1v) is 3.37. The molecule has 0 saturated heterocycles. The molecule has 0 amide bonds. The fourth-order valence-electron chi connectivity index (χ4n) is 0.817. The molecule has 62 valence electrons. The second-order valence-corrected chi connectivity index (χ2v) is 2.14. The Hall–Kier alpha value is -1.62. The Morgan fingerprint density at radius 3 is 2.92 bits per heavy atom. The lowest BCUT2D eigenvalue weighted by atomic mass is 10.5. The summed E-state index contributed by atoms with van der Waals surface area (Å²) in [6.45, 7) is -0.256. The first kappa shape index (κ1) is 7.05. The van der Waals surface area contributed by atoms with Crippen LogP contribution in [0.25, 0.3) is 11.7 Å². The normalized spacial score (nSPS) is 10.4. The molecule has 0 unspecified atom stereocenters. The maximum absolute atomic E-state index is 8.62. The van der Waals surface area contributed by atoms with Crippen LogP contribution in [0.3, 0.4) is 0 Å². The summed E-state index contributed by atoms with van der Waals surface area (Å²) in [7, 11) is 0. The number of aliphatic hydroxyl groups excluding tert-OH is 1. The van der Waals surface area contributed by atoms with Gasteiger partial charge in [0.15, 0.2) is 5.76 Å². The van der Waals surface area contributed by atoms with E-state index in [9.17, 15) is 0 Å². The number of furan rings is 1. The third kappa shape index (κ3) is 1.10. The van der Waals surface area contributed by atoms with E-state index in [0.717, 1.165) is 0 Å². The Morgan fingerprint density at radius 1 is 1.42 bits per heavy atom. The van der Waals surface area contributed by atoms with Crippen LogP contribution in [-0.4, -0.2) is 15.3 Å². The topological polar surface area (TPSA) is 72.3 Å². The molecule has 2 aromatic rings. The highest BCUT2D eigenvalue weighted by molar-refractivity contribution is 5.42. The van der Waals surface area contributed by atoms with E-state index in [1.807, 2.05) is 0 Å². The van der Waals surface area contributed by atoms with E-state index in [4.69, 9.17) is 13.9 Å². The minimum atomic E-state index is -0.256. The molecular weight excluding hydrogens is 160 g/mol. The number of aromatic nitrogens is 2. The van der Waals surface area contributed by atoms with Crippen LogP contribution in [0.2, 0.25) is 0 Å². The van der Waals surface area contributed by atoms with Crippen molar-refractivity contribution in [3.8, 4) is 11.7 Å². The Balaban J connectivity index is 2.35. The van der Waals surface area contributed by atoms with E-state index >= 15 is 0 Å². The molecule has 0 radical (unpaired) electrons. The van der Waals surface area contributed by atoms with Crippen LogP contribution in [0.5, 0.6) is 0 Å². The molecule has 2 rings (SSSR count). The molecule has 0 bridgehead atoms. The molecule has 0 spiro atoms. The third-order valence-corrected chi connectivity index (χ3v) is 1.33. The lowest BCUT2D eigenvalue weighted by Crippen LogP contribution is -1.79. The Bertz CT molecular complexity index is 352. The SMILES string of the molecule is OCc1nnc(-c2ccco2)o1. The van der Waals surface area contributed by atoms with Gasteiger partial charge in [0.1, 0.15) is 6.61 Å². The van der Waals surface area contributed by atoms with Gasteiger partial charge in [-0.15, -0.1) is 10.2 Å². The van der Waals surface area contributed by atoms with Crippen LogP contribution in [-0.2, 0) is 6.61 Å². The van der Waals surface area contributed by atoms with Crippen molar-refractivity contribution in [2.75, 3.05) is 0 Å². The molecule has 2 heterocycles. The quantitative estimate of drug-likeness (QED) is 0.715. The van der Waals surface area contributed by atoms with Crippen molar-refractivity contribution in [3.05, 3.63) is 24.3 Å². The lowest BCUT2D eigenvalue weighted by Gasteiger charge is -1.84. The number of aliphatic hydroxyl groups is 1. The molecule has 0 fully saturated rings. The highest BCUT2D eigenvalue weighted by Crippen LogP contribution is 2.17. The largest absolute Gasteiger partial charge is 0.459 e. The van der Waals surface area contributed by atoms with Crippen molar-refractivity contribution in [1.82, 2.24) is 10.2 Å². The molecule has 0 aliphatic rings. The Labute approximate surface area is 67.6 Å². The van der Waals surface area contributed by atoms with Crippen molar-refractivity contribution in [2.24, 2.45) is 0 Å². The highest BCUT2D eigenvalue weighted by Gasteiger charge is 2.08. The molecule has 0 atom stereocenters. The van der Waals surface area contributed by atoms with Gasteiger partial charge < -0.3 is 13.9 Å². The van der Waals surface area contributed by atoms with Crippen molar-refractivity contribution >= 4 is 0 Å². The second kappa shape index (κ2) is 2.78. The highest BCUT2D eigenvalue weighted by atomic mass is 16.4. The Morgan fingerprint density at radius 2 is 2.33 bits per heavy atom. The molecule has 5 heteroatoms. The maximum atomic E-state index is 8.62. The summed E-state index contributed by atoms with van der Waals surface area (Å²) in [5.41, 5.74) is 0. The zero-order valence-electron chi connectivity index (χ0n) is 6.10. The summed E-state index contributed by atoms with van der Waals surface area (Å²) in [5, 5.41) is 15.8. The molecule has 0 aliphatic heterocycles. The maximum Gasteiger partial charge on any atom is 0.283 e. The smallest absolute Gasteiger partial charge is 0.283 e. The molecule has 5 nitrogen and oxygen atoms in total. The van der Waals surface area contributed by atoms with Gasteiger partial charge in [0.05, 0.1) is 6.26 Å². The summed E-state index contributed by atoms with van der Waals surface area (Å²) >= 11 is 0. The van der Waals surface area contributed by atoms with Gasteiger partial charge in [0.2, 0.25) is 5.89 Å². The van der Waals surface area contributed by atoms with E-state index in [1.165, 1.54) is 6.26 Å². The van der Waals surface area contributed by atoms with Crippen molar-refractivity contribution in [2.45, 2.75) is 6.61 Å². The van der Waals surface area contributed by atoms with E-state index in [2.05, 4.69) is 10.2 Å². The predicted octanol–water partition coefficient (Wildman–Crippen LogP) is 0.822. The van der Waals surface area contributed by atoms with Crippen molar-refractivity contribution in [3.63, 3.8) is 0 Å². The summed E-state index contributed by atoms with van der Waals surface area (Å²) in [6, 6.07) is 3.42. The zero-order chi connectivity index (χ0) is 8.39. The van der Waals surface area contributed by atoms with Gasteiger partial charge in [-0.2, -0.15) is 0 Å². The van der Waals surface area contributed by atoms with Crippen LogP contribution in [0.1, 0.15) is 5.89 Å². The summed E-state index contributed by atoms with van der Waals surface area (Å²) in [5.74, 6) is 0.965. The van der Waals surface area contributed by atoms with Gasteiger partial charge >= 0.3 is 0 Å². The third-order valence-electron chi connectivity index (χ3n) is 1.33. The zero-order valence-corrected chi connectivity index (χ0v) is 6.10. The Kier molecular flexibility index (Phi) is 1.64. The van der Waals surface area contributed by atoms with Gasteiger partial charge in [0.25, 0.3) is 5.89 Å². The van der Waals surface area contributed by atoms with Crippen molar-refractivity contribution in [1.29, 1.82) is 0 Å². The van der Waals surface area contributed by atoms with Crippen LogP contribution in [0, 0.1) is 0 Å². The van der Waals surface area contributed by atoms with Crippen LogP contribution < -0.4 is 0 Å². The van der Waals surface area contributed by atoms with Crippen LogP contribution in [0.15, 0.2) is 27.2 Å². The van der Waals surface area contributed by atoms with Crippen LogP contribution in [0.4, 0.5) is 0 Å². The average Bonchev–Trinajstić information content (AvgIpc) is 2.75. The van der Waals surface area contributed by atoms with E-state index < -0.39 is 0 Å². The van der Waals surface area contributed by atoms with Gasteiger partial charge in [0, 0.05) is 0 Å². The first-order valence-electron chi connectivity index (χ1n) is 3.37. The molecule has 12 heavy (non-hydrogen) atoms.